The average molecular weight is 201 g/mol. The second-order valence-corrected chi connectivity index (χ2v) is 3.98. The predicted molar refractivity (Wildman–Crippen MR) is 52.6 cm³/mol. The average Bonchev–Trinajstić information content (AvgIpc) is 2.11. The van der Waals surface area contributed by atoms with Gasteiger partial charge in [0.2, 0.25) is 0 Å². The Morgan fingerprint density at radius 1 is 1.64 bits per heavy atom. The molecule has 1 fully saturated rings. The quantitative estimate of drug-likeness (QED) is 0.647. The van der Waals surface area contributed by atoms with E-state index in [1.54, 1.807) is 6.92 Å². The maximum atomic E-state index is 11.2. The first kappa shape index (κ1) is 11.5. The normalized spacial score (nSPS) is 33.3. The van der Waals surface area contributed by atoms with Crippen molar-refractivity contribution in [2.75, 3.05) is 6.61 Å². The Labute approximate surface area is 84.4 Å². The van der Waals surface area contributed by atoms with Gasteiger partial charge in [0, 0.05) is 6.04 Å². The van der Waals surface area contributed by atoms with Gasteiger partial charge >= 0.3 is 5.97 Å². The van der Waals surface area contributed by atoms with E-state index >= 15 is 0 Å². The second-order valence-electron chi connectivity index (χ2n) is 3.98. The monoisotopic (exact) mass is 201 g/mol. The molecular weight excluding hydrogens is 182 g/mol. The van der Waals surface area contributed by atoms with Crippen molar-refractivity contribution in [2.24, 2.45) is 11.7 Å². The van der Waals surface area contributed by atoms with Gasteiger partial charge in [-0.1, -0.05) is 6.92 Å². The summed E-state index contributed by atoms with van der Waals surface area (Å²) in [6.07, 6.45) is 1.62. The van der Waals surface area contributed by atoms with Crippen LogP contribution in [0.2, 0.25) is 0 Å². The van der Waals surface area contributed by atoms with Crippen molar-refractivity contribution in [1.29, 1.82) is 0 Å². The number of esters is 1. The van der Waals surface area contributed by atoms with Crippen LogP contribution in [0.3, 0.4) is 0 Å². The highest BCUT2D eigenvalue weighted by Crippen LogP contribution is 2.41. The molecule has 0 aromatic heterocycles. The van der Waals surface area contributed by atoms with Gasteiger partial charge in [-0.25, -0.2) is 0 Å². The van der Waals surface area contributed by atoms with Crippen molar-refractivity contribution in [1.82, 2.24) is 0 Å². The molecule has 0 spiro atoms. The van der Waals surface area contributed by atoms with E-state index in [2.05, 4.69) is 0 Å². The molecule has 0 saturated heterocycles. The molecule has 4 nitrogen and oxygen atoms in total. The molecule has 0 amide bonds. The minimum Gasteiger partial charge on any atom is -0.466 e. The van der Waals surface area contributed by atoms with Crippen LogP contribution in [0.1, 0.15) is 33.1 Å². The molecule has 0 bridgehead atoms. The van der Waals surface area contributed by atoms with E-state index in [4.69, 9.17) is 10.5 Å². The third kappa shape index (κ3) is 2.07. The summed E-state index contributed by atoms with van der Waals surface area (Å²) in [4.78, 5) is 11.2. The molecule has 1 saturated carbocycles. The minimum absolute atomic E-state index is 0.155. The standard InChI is InChI=1S/C10H19NO3/c1-3-8(11)10(13)5-7(6-10)9(12)14-4-2/h7-8,13H,3-6,11H2,1-2H3. The molecule has 0 radical (unpaired) electrons. The van der Waals surface area contributed by atoms with Crippen LogP contribution in [0.4, 0.5) is 0 Å². The van der Waals surface area contributed by atoms with Gasteiger partial charge in [0.05, 0.1) is 18.1 Å². The molecule has 3 N–H and O–H groups in total. The van der Waals surface area contributed by atoms with Crippen LogP contribution >= 0.6 is 0 Å². The number of hydrogen-bond donors (Lipinski definition) is 2. The Morgan fingerprint density at radius 2 is 2.21 bits per heavy atom. The lowest BCUT2D eigenvalue weighted by atomic mass is 9.66. The van der Waals surface area contributed by atoms with Gasteiger partial charge in [-0.05, 0) is 26.2 Å². The fourth-order valence-electron chi connectivity index (χ4n) is 1.90. The lowest BCUT2D eigenvalue weighted by molar-refractivity contribution is -0.166. The lowest BCUT2D eigenvalue weighted by Gasteiger charge is -2.45. The number of nitrogens with two attached hydrogens (primary N) is 1. The van der Waals surface area contributed by atoms with E-state index in [9.17, 15) is 9.90 Å². The first-order chi connectivity index (χ1) is 6.53. The molecule has 1 rings (SSSR count). The van der Waals surface area contributed by atoms with E-state index in [1.165, 1.54) is 0 Å². The zero-order chi connectivity index (χ0) is 10.8. The highest BCUT2D eigenvalue weighted by molar-refractivity contribution is 5.74. The highest BCUT2D eigenvalue weighted by atomic mass is 16.5. The summed E-state index contributed by atoms with van der Waals surface area (Å²) in [6.45, 7) is 4.11. The number of hydrogen-bond acceptors (Lipinski definition) is 4. The molecule has 4 heteroatoms. The van der Waals surface area contributed by atoms with Crippen LogP contribution in [-0.2, 0) is 9.53 Å². The predicted octanol–water partition coefficient (Wildman–Crippen LogP) is 0.428. The Hall–Kier alpha value is -0.610. The van der Waals surface area contributed by atoms with Gasteiger partial charge in [-0.3, -0.25) is 4.79 Å². The number of rotatable bonds is 4. The van der Waals surface area contributed by atoms with E-state index in [0.29, 0.717) is 19.4 Å². The summed E-state index contributed by atoms with van der Waals surface area (Å²) in [5.74, 6) is -0.363. The van der Waals surface area contributed by atoms with Crippen molar-refractivity contribution in [3.05, 3.63) is 0 Å². The van der Waals surface area contributed by atoms with Crippen LogP contribution in [0.25, 0.3) is 0 Å². The maximum Gasteiger partial charge on any atom is 0.309 e. The smallest absolute Gasteiger partial charge is 0.309 e. The minimum atomic E-state index is -0.841. The maximum absolute atomic E-state index is 11.2. The van der Waals surface area contributed by atoms with Crippen molar-refractivity contribution in [2.45, 2.75) is 44.8 Å². The fourth-order valence-corrected chi connectivity index (χ4v) is 1.90. The third-order valence-electron chi connectivity index (χ3n) is 2.95. The number of aliphatic hydroxyl groups is 1. The third-order valence-corrected chi connectivity index (χ3v) is 2.95. The summed E-state index contributed by atoms with van der Waals surface area (Å²) >= 11 is 0. The Morgan fingerprint density at radius 3 is 2.64 bits per heavy atom. The van der Waals surface area contributed by atoms with Crippen LogP contribution in [0, 0.1) is 5.92 Å². The summed E-state index contributed by atoms with van der Waals surface area (Å²) in [6, 6.07) is -0.229. The van der Waals surface area contributed by atoms with Gasteiger partial charge in [0.15, 0.2) is 0 Å². The molecule has 0 aliphatic heterocycles. The summed E-state index contributed by atoms with van der Waals surface area (Å²) in [5, 5.41) is 9.93. The van der Waals surface area contributed by atoms with Crippen molar-refractivity contribution in [3.63, 3.8) is 0 Å². The lowest BCUT2D eigenvalue weighted by Crippen LogP contribution is -2.58. The van der Waals surface area contributed by atoms with Crippen molar-refractivity contribution in [3.8, 4) is 0 Å². The SMILES string of the molecule is CCOC(=O)C1CC(O)(C(N)CC)C1. The molecule has 1 atom stereocenters. The van der Waals surface area contributed by atoms with Gasteiger partial charge in [0.25, 0.3) is 0 Å². The van der Waals surface area contributed by atoms with Crippen molar-refractivity contribution < 1.29 is 14.6 Å². The zero-order valence-corrected chi connectivity index (χ0v) is 8.82. The Bertz CT molecular complexity index is 211. The topological polar surface area (TPSA) is 72.5 Å². The van der Waals surface area contributed by atoms with Gasteiger partial charge in [-0.2, -0.15) is 0 Å². The van der Waals surface area contributed by atoms with Gasteiger partial charge < -0.3 is 15.6 Å². The number of ether oxygens (including phenoxy) is 1. The molecule has 0 aromatic carbocycles. The van der Waals surface area contributed by atoms with E-state index < -0.39 is 5.60 Å². The molecule has 0 aromatic rings. The summed E-state index contributed by atoms with van der Waals surface area (Å²) in [7, 11) is 0. The van der Waals surface area contributed by atoms with Gasteiger partial charge in [-0.15, -0.1) is 0 Å². The van der Waals surface area contributed by atoms with E-state index in [-0.39, 0.29) is 17.9 Å². The highest BCUT2D eigenvalue weighted by Gasteiger charge is 2.49. The summed E-state index contributed by atoms with van der Waals surface area (Å²) in [5.41, 5.74) is 4.91. The van der Waals surface area contributed by atoms with Crippen LogP contribution in [-0.4, -0.2) is 29.3 Å². The van der Waals surface area contributed by atoms with Crippen LogP contribution < -0.4 is 5.73 Å². The first-order valence-corrected chi connectivity index (χ1v) is 5.18. The number of carbonyl (C=O) groups excluding carboxylic acids is 1. The zero-order valence-electron chi connectivity index (χ0n) is 8.82. The molecular formula is C10H19NO3. The van der Waals surface area contributed by atoms with Crippen LogP contribution in [0.15, 0.2) is 0 Å². The molecule has 14 heavy (non-hydrogen) atoms. The second kappa shape index (κ2) is 4.28. The molecule has 1 aliphatic carbocycles. The Balaban J connectivity index is 2.38. The largest absolute Gasteiger partial charge is 0.466 e. The van der Waals surface area contributed by atoms with Crippen LogP contribution in [0.5, 0.6) is 0 Å². The molecule has 1 unspecified atom stereocenters. The fraction of sp³-hybridized carbons (Fsp3) is 0.900. The number of carbonyl (C=O) groups is 1. The molecule has 1 aliphatic rings. The first-order valence-electron chi connectivity index (χ1n) is 5.18. The van der Waals surface area contributed by atoms with E-state index in [0.717, 1.165) is 6.42 Å². The summed E-state index contributed by atoms with van der Waals surface area (Å²) < 4.78 is 4.86. The van der Waals surface area contributed by atoms with Gasteiger partial charge in [0.1, 0.15) is 0 Å². The Kier molecular flexibility index (Phi) is 3.50. The van der Waals surface area contributed by atoms with Crippen molar-refractivity contribution >= 4 is 5.97 Å². The molecule has 0 heterocycles. The van der Waals surface area contributed by atoms with E-state index in [1.807, 2.05) is 6.92 Å². The molecule has 82 valence electrons.